The fourth-order valence-corrected chi connectivity index (χ4v) is 1.13. The smallest absolute Gasteiger partial charge is 0.0785 e. The van der Waals surface area contributed by atoms with Gasteiger partial charge >= 0.3 is 0 Å². The highest BCUT2D eigenvalue weighted by Gasteiger charge is 2.04. The molecule has 0 aromatic heterocycles. The fourth-order valence-electron chi connectivity index (χ4n) is 1.13. The minimum absolute atomic E-state index is 0.338. The van der Waals surface area contributed by atoms with E-state index in [9.17, 15) is 5.11 Å². The van der Waals surface area contributed by atoms with Crippen molar-refractivity contribution in [1.82, 2.24) is 5.32 Å². The highest BCUT2D eigenvalue weighted by molar-refractivity contribution is 4.62. The van der Waals surface area contributed by atoms with Crippen molar-refractivity contribution in [2.45, 2.75) is 32.4 Å². The maximum atomic E-state index is 9.34. The monoisotopic (exact) mass is 205 g/mol. The summed E-state index contributed by atoms with van der Waals surface area (Å²) in [4.78, 5) is 0. The highest BCUT2D eigenvalue weighted by atomic mass is 16.5. The zero-order chi connectivity index (χ0) is 10.8. The van der Waals surface area contributed by atoms with Crippen molar-refractivity contribution in [1.29, 1.82) is 0 Å². The van der Waals surface area contributed by atoms with E-state index >= 15 is 0 Å². The molecule has 0 aliphatic heterocycles. The topological polar surface area (TPSA) is 50.7 Å². The first-order chi connectivity index (χ1) is 6.70. The Morgan fingerprint density at radius 1 is 1.36 bits per heavy atom. The molecule has 4 heteroatoms. The van der Waals surface area contributed by atoms with Crippen LogP contribution in [0.1, 0.15) is 20.3 Å². The number of nitrogens with one attached hydrogen (secondary N) is 1. The molecule has 0 amide bonds. The van der Waals surface area contributed by atoms with E-state index in [0.717, 1.165) is 19.8 Å². The third-order valence-corrected chi connectivity index (χ3v) is 1.90. The molecule has 0 aliphatic rings. The van der Waals surface area contributed by atoms with Crippen LogP contribution < -0.4 is 5.32 Å². The lowest BCUT2D eigenvalue weighted by atomic mass is 10.2. The van der Waals surface area contributed by atoms with Gasteiger partial charge in [-0.15, -0.1) is 0 Å². The molecular weight excluding hydrogens is 182 g/mol. The normalized spacial score (nSPS) is 15.4. The van der Waals surface area contributed by atoms with Crippen LogP contribution in [0.25, 0.3) is 0 Å². The Morgan fingerprint density at radius 2 is 2.07 bits per heavy atom. The average Bonchev–Trinajstić information content (AvgIpc) is 2.15. The molecule has 0 aliphatic carbocycles. The molecule has 2 N–H and O–H groups in total. The molecule has 0 bridgehead atoms. The highest BCUT2D eigenvalue weighted by Crippen LogP contribution is 1.91. The molecule has 2 atom stereocenters. The molecule has 0 heterocycles. The quantitative estimate of drug-likeness (QED) is 0.572. The van der Waals surface area contributed by atoms with Gasteiger partial charge in [0.15, 0.2) is 0 Å². The van der Waals surface area contributed by atoms with Crippen molar-refractivity contribution in [2.75, 3.05) is 33.5 Å². The first-order valence-electron chi connectivity index (χ1n) is 5.18. The molecular formula is C10H23NO3. The lowest BCUT2D eigenvalue weighted by Crippen LogP contribution is -2.33. The second-order valence-electron chi connectivity index (χ2n) is 3.41. The number of aliphatic hydroxyl groups excluding tert-OH is 1. The first-order valence-corrected chi connectivity index (χ1v) is 5.18. The van der Waals surface area contributed by atoms with Crippen LogP contribution in [0.15, 0.2) is 0 Å². The van der Waals surface area contributed by atoms with Gasteiger partial charge in [-0.3, -0.25) is 0 Å². The summed E-state index contributed by atoms with van der Waals surface area (Å²) in [6.45, 7) is 6.71. The predicted octanol–water partition coefficient (Wildman–Crippen LogP) is 0.398. The molecule has 2 unspecified atom stereocenters. The lowest BCUT2D eigenvalue weighted by molar-refractivity contribution is 0.0578. The second kappa shape index (κ2) is 9.40. The van der Waals surface area contributed by atoms with Gasteiger partial charge in [-0.1, -0.05) is 0 Å². The molecule has 0 aromatic rings. The summed E-state index contributed by atoms with van der Waals surface area (Å²) in [6.07, 6.45) is 0.344. The van der Waals surface area contributed by atoms with Crippen molar-refractivity contribution in [3.8, 4) is 0 Å². The van der Waals surface area contributed by atoms with Crippen LogP contribution in [0.3, 0.4) is 0 Å². The molecule has 0 aromatic carbocycles. The van der Waals surface area contributed by atoms with E-state index in [1.165, 1.54) is 0 Å². The Balaban J connectivity index is 3.25. The van der Waals surface area contributed by atoms with E-state index in [-0.39, 0.29) is 6.10 Å². The van der Waals surface area contributed by atoms with Crippen LogP contribution >= 0.6 is 0 Å². The van der Waals surface area contributed by atoms with Crippen molar-refractivity contribution in [2.24, 2.45) is 0 Å². The Kier molecular flexibility index (Phi) is 9.29. The van der Waals surface area contributed by atoms with Crippen molar-refractivity contribution >= 4 is 0 Å². The minimum Gasteiger partial charge on any atom is -0.391 e. The maximum absolute atomic E-state index is 9.34. The minimum atomic E-state index is -0.369. The molecule has 86 valence electrons. The van der Waals surface area contributed by atoms with Gasteiger partial charge in [0.25, 0.3) is 0 Å². The van der Waals surface area contributed by atoms with Crippen LogP contribution in [0, 0.1) is 0 Å². The van der Waals surface area contributed by atoms with Gasteiger partial charge in [0, 0.05) is 19.8 Å². The molecule has 0 saturated carbocycles. The molecule has 14 heavy (non-hydrogen) atoms. The van der Waals surface area contributed by atoms with Gasteiger partial charge in [0.05, 0.1) is 19.3 Å². The number of rotatable bonds is 9. The standard InChI is InChI=1S/C10H23NO3/c1-4-14-7-9(2)11-6-5-10(12)8-13-3/h9-12H,4-8H2,1-3H3. The molecule has 0 spiro atoms. The largest absolute Gasteiger partial charge is 0.391 e. The van der Waals surface area contributed by atoms with Gasteiger partial charge in [0.2, 0.25) is 0 Å². The van der Waals surface area contributed by atoms with Gasteiger partial charge in [-0.2, -0.15) is 0 Å². The zero-order valence-corrected chi connectivity index (χ0v) is 9.45. The molecule has 0 fully saturated rings. The van der Waals surface area contributed by atoms with Crippen molar-refractivity contribution < 1.29 is 14.6 Å². The van der Waals surface area contributed by atoms with E-state index in [4.69, 9.17) is 9.47 Å². The summed E-state index contributed by atoms with van der Waals surface area (Å²) < 4.78 is 10.1. The van der Waals surface area contributed by atoms with Crippen LogP contribution in [-0.4, -0.2) is 50.7 Å². The third kappa shape index (κ3) is 8.44. The van der Waals surface area contributed by atoms with Gasteiger partial charge in [-0.25, -0.2) is 0 Å². The van der Waals surface area contributed by atoms with Crippen LogP contribution in [0.2, 0.25) is 0 Å². The average molecular weight is 205 g/mol. The Labute approximate surface area is 86.6 Å². The fraction of sp³-hybridized carbons (Fsp3) is 1.00. The SMILES string of the molecule is CCOCC(C)NCCC(O)COC. The predicted molar refractivity (Wildman–Crippen MR) is 56.5 cm³/mol. The molecule has 0 rings (SSSR count). The number of hydrogen-bond acceptors (Lipinski definition) is 4. The first kappa shape index (κ1) is 13.8. The van der Waals surface area contributed by atoms with Gasteiger partial charge in [0.1, 0.15) is 0 Å². The van der Waals surface area contributed by atoms with E-state index in [0.29, 0.717) is 19.1 Å². The van der Waals surface area contributed by atoms with Crippen LogP contribution in [0.4, 0.5) is 0 Å². The Morgan fingerprint density at radius 3 is 2.64 bits per heavy atom. The van der Waals surface area contributed by atoms with Crippen LogP contribution in [0.5, 0.6) is 0 Å². The number of aliphatic hydroxyl groups is 1. The van der Waals surface area contributed by atoms with E-state index in [1.54, 1.807) is 7.11 Å². The maximum Gasteiger partial charge on any atom is 0.0785 e. The Hall–Kier alpha value is -0.160. The third-order valence-electron chi connectivity index (χ3n) is 1.90. The lowest BCUT2D eigenvalue weighted by Gasteiger charge is -2.15. The van der Waals surface area contributed by atoms with Crippen molar-refractivity contribution in [3.63, 3.8) is 0 Å². The summed E-state index contributed by atoms with van der Waals surface area (Å²) >= 11 is 0. The molecule has 4 nitrogen and oxygen atoms in total. The zero-order valence-electron chi connectivity index (χ0n) is 9.45. The van der Waals surface area contributed by atoms with Gasteiger partial charge < -0.3 is 19.9 Å². The summed E-state index contributed by atoms with van der Waals surface area (Å²) in [5.74, 6) is 0. The number of ether oxygens (including phenoxy) is 2. The van der Waals surface area contributed by atoms with E-state index in [1.807, 2.05) is 6.92 Å². The second-order valence-corrected chi connectivity index (χ2v) is 3.41. The van der Waals surface area contributed by atoms with E-state index < -0.39 is 0 Å². The van der Waals surface area contributed by atoms with Gasteiger partial charge in [-0.05, 0) is 26.8 Å². The van der Waals surface area contributed by atoms with Crippen LogP contribution in [-0.2, 0) is 9.47 Å². The number of methoxy groups -OCH3 is 1. The summed E-state index contributed by atoms with van der Waals surface area (Å²) in [6, 6.07) is 0.338. The summed E-state index contributed by atoms with van der Waals surface area (Å²) in [5, 5.41) is 12.6. The summed E-state index contributed by atoms with van der Waals surface area (Å²) in [7, 11) is 1.59. The molecule has 0 saturated heterocycles. The molecule has 0 radical (unpaired) electrons. The Bertz CT molecular complexity index is 122. The summed E-state index contributed by atoms with van der Waals surface area (Å²) in [5.41, 5.74) is 0. The van der Waals surface area contributed by atoms with E-state index in [2.05, 4.69) is 12.2 Å². The number of hydrogen-bond donors (Lipinski definition) is 2. The van der Waals surface area contributed by atoms with Crippen molar-refractivity contribution in [3.05, 3.63) is 0 Å².